The van der Waals surface area contributed by atoms with Gasteiger partial charge in [-0.2, -0.15) is 0 Å². The maximum Gasteiger partial charge on any atom is 0.251 e. The van der Waals surface area contributed by atoms with Crippen LogP contribution in [0.3, 0.4) is 0 Å². The summed E-state index contributed by atoms with van der Waals surface area (Å²) >= 11 is 3.54. The second kappa shape index (κ2) is 6.65. The van der Waals surface area contributed by atoms with E-state index in [0.717, 1.165) is 12.1 Å². The predicted octanol–water partition coefficient (Wildman–Crippen LogP) is 3.08. The number of thioether (sulfide) groups is 2. The lowest BCUT2D eigenvalue weighted by atomic mass is 9.84. The van der Waals surface area contributed by atoms with Gasteiger partial charge >= 0.3 is 0 Å². The summed E-state index contributed by atoms with van der Waals surface area (Å²) in [5.74, 6) is 0.721. The van der Waals surface area contributed by atoms with Crippen molar-refractivity contribution < 1.29 is 4.79 Å². The molecule has 0 radical (unpaired) electrons. The van der Waals surface area contributed by atoms with E-state index >= 15 is 0 Å². The molecule has 6 heteroatoms. The van der Waals surface area contributed by atoms with Crippen LogP contribution in [0.5, 0.6) is 0 Å². The van der Waals surface area contributed by atoms with E-state index in [-0.39, 0.29) is 10.1 Å². The molecule has 2 bridgehead atoms. The minimum atomic E-state index is -0.0560. The largest absolute Gasteiger partial charge is 0.368 e. The van der Waals surface area contributed by atoms with Gasteiger partial charge in [-0.3, -0.25) is 4.79 Å². The molecule has 5 rings (SSSR count). The molecule has 4 aliphatic rings. The molecule has 24 heavy (non-hydrogen) atoms. The average molecular weight is 362 g/mol. The highest BCUT2D eigenvalue weighted by atomic mass is 32.2. The molecule has 1 unspecified atom stereocenters. The standard InChI is InChI=1S/C18H23N3OS2/c1-18(19-8-11-23-18)24-15-4-2-14(3-5-15)17(22)20-16-12-21-9-6-13(16)7-10-21/h2-5,8,11,13,16,19H,6-7,9-10,12H2,1H3,(H,20,22)/t16-,18?/m0/s1. The molecular formula is C18H23N3OS2. The summed E-state index contributed by atoms with van der Waals surface area (Å²) in [5, 5.41) is 8.67. The van der Waals surface area contributed by atoms with Crippen molar-refractivity contribution >= 4 is 29.4 Å². The number of amides is 1. The monoisotopic (exact) mass is 361 g/mol. The van der Waals surface area contributed by atoms with Crippen molar-refractivity contribution in [3.05, 3.63) is 41.4 Å². The van der Waals surface area contributed by atoms with Crippen LogP contribution in [0.25, 0.3) is 0 Å². The zero-order valence-corrected chi connectivity index (χ0v) is 15.5. The van der Waals surface area contributed by atoms with Gasteiger partial charge in [0.05, 0.1) is 0 Å². The summed E-state index contributed by atoms with van der Waals surface area (Å²) in [6, 6.07) is 8.28. The third kappa shape index (κ3) is 3.46. The highest BCUT2D eigenvalue weighted by Gasteiger charge is 2.35. The Balaban J connectivity index is 1.36. The Morgan fingerprint density at radius 3 is 2.67 bits per heavy atom. The summed E-state index contributed by atoms with van der Waals surface area (Å²) in [6.07, 6.45) is 4.42. The molecule has 3 fully saturated rings. The summed E-state index contributed by atoms with van der Waals surface area (Å²) in [4.78, 5) is 16.2. The van der Waals surface area contributed by atoms with E-state index in [4.69, 9.17) is 0 Å². The molecule has 2 N–H and O–H groups in total. The molecule has 0 aromatic heterocycles. The van der Waals surface area contributed by atoms with Crippen LogP contribution < -0.4 is 10.6 Å². The van der Waals surface area contributed by atoms with Crippen LogP contribution in [0.4, 0.5) is 0 Å². The summed E-state index contributed by atoms with van der Waals surface area (Å²) in [7, 11) is 0. The Labute approximate surface area is 151 Å². The number of carbonyl (C=O) groups excluding carboxylic acids is 1. The second-order valence-corrected chi connectivity index (χ2v) is 9.93. The first-order chi connectivity index (χ1) is 11.6. The van der Waals surface area contributed by atoms with Crippen LogP contribution >= 0.6 is 23.5 Å². The van der Waals surface area contributed by atoms with Crippen molar-refractivity contribution in [3.8, 4) is 0 Å². The molecule has 0 spiro atoms. The Morgan fingerprint density at radius 1 is 1.33 bits per heavy atom. The number of hydrogen-bond donors (Lipinski definition) is 2. The molecular weight excluding hydrogens is 338 g/mol. The highest BCUT2D eigenvalue weighted by molar-refractivity contribution is 8.19. The van der Waals surface area contributed by atoms with Crippen molar-refractivity contribution in [2.75, 3.05) is 19.6 Å². The molecule has 1 aromatic rings. The number of rotatable bonds is 4. The topological polar surface area (TPSA) is 44.4 Å². The van der Waals surface area contributed by atoms with Crippen molar-refractivity contribution in [1.82, 2.24) is 15.5 Å². The summed E-state index contributed by atoms with van der Waals surface area (Å²) < 4.78 is -0.0560. The number of carbonyl (C=O) groups is 1. The van der Waals surface area contributed by atoms with E-state index in [9.17, 15) is 4.79 Å². The fraction of sp³-hybridized carbons (Fsp3) is 0.500. The van der Waals surface area contributed by atoms with Gasteiger partial charge in [0.25, 0.3) is 5.91 Å². The second-order valence-electron chi connectivity index (χ2n) is 6.86. The Kier molecular flexibility index (Phi) is 4.54. The molecule has 128 valence electrons. The summed E-state index contributed by atoms with van der Waals surface area (Å²) in [5.41, 5.74) is 0.756. The Hall–Kier alpha value is -1.11. The van der Waals surface area contributed by atoms with Crippen LogP contribution in [0, 0.1) is 5.92 Å². The van der Waals surface area contributed by atoms with Crippen LogP contribution in [-0.2, 0) is 0 Å². The first-order valence-corrected chi connectivity index (χ1v) is 10.2. The quantitative estimate of drug-likeness (QED) is 0.863. The zero-order valence-electron chi connectivity index (χ0n) is 13.8. The van der Waals surface area contributed by atoms with Crippen LogP contribution in [0.1, 0.15) is 30.1 Å². The van der Waals surface area contributed by atoms with E-state index in [1.807, 2.05) is 30.5 Å². The fourth-order valence-electron chi connectivity index (χ4n) is 3.72. The minimum Gasteiger partial charge on any atom is -0.368 e. The third-order valence-corrected chi connectivity index (χ3v) is 7.50. The lowest BCUT2D eigenvalue weighted by molar-refractivity contribution is 0.0620. The van der Waals surface area contributed by atoms with Gasteiger partial charge in [-0.15, -0.1) is 0 Å². The molecule has 1 amide bonds. The van der Waals surface area contributed by atoms with Gasteiger partial charge in [0, 0.05) is 29.2 Å². The lowest BCUT2D eigenvalue weighted by Crippen LogP contribution is -2.57. The number of fused-ring (bicyclic) bond motifs is 3. The number of piperidine rings is 3. The molecule has 3 saturated heterocycles. The molecule has 1 aromatic carbocycles. The van der Waals surface area contributed by atoms with Gasteiger partial charge < -0.3 is 15.5 Å². The maximum absolute atomic E-state index is 12.5. The van der Waals surface area contributed by atoms with Crippen molar-refractivity contribution in [1.29, 1.82) is 0 Å². The van der Waals surface area contributed by atoms with Gasteiger partial charge in [-0.1, -0.05) is 23.5 Å². The number of benzene rings is 1. The van der Waals surface area contributed by atoms with Gasteiger partial charge in [-0.25, -0.2) is 0 Å². The van der Waals surface area contributed by atoms with E-state index in [1.54, 1.807) is 23.5 Å². The molecule has 0 saturated carbocycles. The van der Waals surface area contributed by atoms with Gasteiger partial charge in [-0.05, 0) is 68.4 Å². The van der Waals surface area contributed by atoms with Crippen LogP contribution in [-0.4, -0.2) is 40.7 Å². The molecule has 0 aliphatic carbocycles. The third-order valence-electron chi connectivity index (χ3n) is 5.11. The van der Waals surface area contributed by atoms with E-state index in [2.05, 4.69) is 27.9 Å². The average Bonchev–Trinajstić information content (AvgIpc) is 3.03. The summed E-state index contributed by atoms with van der Waals surface area (Å²) in [6.45, 7) is 5.57. The number of nitrogens with one attached hydrogen (secondary N) is 2. The smallest absolute Gasteiger partial charge is 0.251 e. The number of hydrogen-bond acceptors (Lipinski definition) is 5. The van der Waals surface area contributed by atoms with Crippen LogP contribution in [0.15, 0.2) is 40.8 Å². The first kappa shape index (κ1) is 16.4. The van der Waals surface area contributed by atoms with E-state index in [1.165, 1.54) is 30.8 Å². The molecule has 4 heterocycles. The van der Waals surface area contributed by atoms with E-state index in [0.29, 0.717) is 12.0 Å². The highest BCUT2D eigenvalue weighted by Crippen LogP contribution is 2.42. The minimum absolute atomic E-state index is 0.0560. The van der Waals surface area contributed by atoms with Gasteiger partial charge in [0.2, 0.25) is 0 Å². The number of nitrogens with zero attached hydrogens (tertiary/aromatic N) is 1. The zero-order chi connectivity index (χ0) is 16.6. The van der Waals surface area contributed by atoms with Crippen molar-refractivity contribution in [2.45, 2.75) is 34.9 Å². The molecule has 4 nitrogen and oxygen atoms in total. The van der Waals surface area contributed by atoms with Crippen molar-refractivity contribution in [3.63, 3.8) is 0 Å². The Bertz CT molecular complexity index is 630. The van der Waals surface area contributed by atoms with Gasteiger partial charge in [0.15, 0.2) is 0 Å². The lowest BCUT2D eigenvalue weighted by Gasteiger charge is -2.44. The van der Waals surface area contributed by atoms with E-state index < -0.39 is 0 Å². The van der Waals surface area contributed by atoms with Gasteiger partial charge in [0.1, 0.15) is 4.20 Å². The van der Waals surface area contributed by atoms with Crippen LogP contribution in [0.2, 0.25) is 0 Å². The normalized spacial score (nSPS) is 34.1. The maximum atomic E-state index is 12.5. The Morgan fingerprint density at radius 2 is 2.08 bits per heavy atom. The molecule has 2 atom stereocenters. The fourth-order valence-corrected chi connectivity index (χ4v) is 5.74. The predicted molar refractivity (Wildman–Crippen MR) is 101 cm³/mol. The SMILES string of the molecule is CC1(Sc2ccc(C(=O)N[C@H]3CN4CCC3CC4)cc2)NC=CS1. The first-order valence-electron chi connectivity index (χ1n) is 8.54. The van der Waals surface area contributed by atoms with Crippen molar-refractivity contribution in [2.24, 2.45) is 5.92 Å². The molecule has 4 aliphatic heterocycles.